The van der Waals surface area contributed by atoms with Crippen LogP contribution in [0.25, 0.3) is 39.2 Å². The van der Waals surface area contributed by atoms with Gasteiger partial charge in [-0.2, -0.15) is 5.10 Å². The first-order chi connectivity index (χ1) is 15.0. The van der Waals surface area contributed by atoms with Crippen LogP contribution in [0.15, 0.2) is 71.7 Å². The van der Waals surface area contributed by atoms with E-state index in [0.717, 1.165) is 44.9 Å². The topological polar surface area (TPSA) is 77.9 Å². The van der Waals surface area contributed by atoms with Crippen LogP contribution >= 0.6 is 0 Å². The van der Waals surface area contributed by atoms with E-state index >= 15 is 0 Å². The molecule has 0 radical (unpaired) electrons. The predicted molar refractivity (Wildman–Crippen MR) is 120 cm³/mol. The van der Waals surface area contributed by atoms with Gasteiger partial charge in [0.05, 0.1) is 17.2 Å². The maximum absolute atomic E-state index is 11.7. The smallest absolute Gasteiger partial charge is 0.221 e. The number of fused-ring (bicyclic) bond motifs is 1. The quantitative estimate of drug-likeness (QED) is 0.454. The highest BCUT2D eigenvalue weighted by Gasteiger charge is 2.12. The van der Waals surface area contributed by atoms with Crippen molar-refractivity contribution in [2.45, 2.75) is 13.8 Å². The number of aryl methyl sites for hydroxylation is 2. The molecule has 7 heteroatoms. The number of hydrogen-bond acceptors (Lipinski definition) is 4. The van der Waals surface area contributed by atoms with Crippen LogP contribution in [0.4, 0.5) is 5.69 Å². The Hall–Kier alpha value is -4.13. The molecule has 0 fully saturated rings. The lowest BCUT2D eigenvalue weighted by Gasteiger charge is -2.11. The molecular weight excluding hydrogens is 390 g/mol. The van der Waals surface area contributed by atoms with Gasteiger partial charge < -0.3 is 9.73 Å². The van der Waals surface area contributed by atoms with Gasteiger partial charge in [-0.25, -0.2) is 4.98 Å². The largest absolute Gasteiger partial charge is 0.461 e. The fourth-order valence-corrected chi connectivity index (χ4v) is 3.73. The first kappa shape index (κ1) is 18.9. The molecule has 2 aromatic carbocycles. The van der Waals surface area contributed by atoms with Crippen LogP contribution in [-0.2, 0) is 11.8 Å². The van der Waals surface area contributed by atoms with E-state index in [1.54, 1.807) is 11.0 Å². The van der Waals surface area contributed by atoms with Gasteiger partial charge in [-0.05, 0) is 55.0 Å². The Labute approximate surface area is 178 Å². The van der Waals surface area contributed by atoms with Gasteiger partial charge in [-0.3, -0.25) is 14.0 Å². The lowest BCUT2D eigenvalue weighted by atomic mass is 10.1. The van der Waals surface area contributed by atoms with Crippen molar-refractivity contribution in [3.63, 3.8) is 0 Å². The second-order valence-corrected chi connectivity index (χ2v) is 7.58. The predicted octanol–water partition coefficient (Wildman–Crippen LogP) is 4.95. The molecule has 0 aliphatic rings. The number of carbonyl (C=O) groups excluding carboxylic acids is 1. The average Bonchev–Trinajstić information content (AvgIpc) is 3.46. The Kier molecular flexibility index (Phi) is 4.43. The van der Waals surface area contributed by atoms with Crippen LogP contribution in [0.2, 0.25) is 0 Å². The Bertz CT molecular complexity index is 1420. The van der Waals surface area contributed by atoms with Crippen LogP contribution in [0.1, 0.15) is 12.7 Å². The fraction of sp³-hybridized carbons (Fsp3) is 0.125. The molecule has 5 aromatic rings. The van der Waals surface area contributed by atoms with Crippen molar-refractivity contribution < 1.29 is 9.21 Å². The van der Waals surface area contributed by atoms with Crippen LogP contribution in [0, 0.1) is 6.92 Å². The average molecular weight is 411 g/mol. The number of rotatable bonds is 4. The summed E-state index contributed by atoms with van der Waals surface area (Å²) >= 11 is 0. The Balaban J connectivity index is 1.62. The van der Waals surface area contributed by atoms with Crippen molar-refractivity contribution in [2.75, 3.05) is 5.32 Å². The van der Waals surface area contributed by atoms with E-state index in [0.29, 0.717) is 5.69 Å². The summed E-state index contributed by atoms with van der Waals surface area (Å²) < 4.78 is 9.60. The number of furan rings is 1. The molecule has 0 saturated carbocycles. The summed E-state index contributed by atoms with van der Waals surface area (Å²) in [6, 6.07) is 15.9. The first-order valence-corrected chi connectivity index (χ1v) is 9.92. The maximum atomic E-state index is 11.7. The summed E-state index contributed by atoms with van der Waals surface area (Å²) in [6.07, 6.45) is 5.61. The highest BCUT2D eigenvalue weighted by atomic mass is 16.3. The van der Waals surface area contributed by atoms with E-state index in [1.807, 2.05) is 67.3 Å². The summed E-state index contributed by atoms with van der Waals surface area (Å²) in [5.41, 5.74) is 6.40. The number of nitrogens with one attached hydrogen (secondary N) is 1. The molecule has 5 rings (SSSR count). The summed E-state index contributed by atoms with van der Waals surface area (Å²) in [7, 11) is 1.90. The van der Waals surface area contributed by atoms with Crippen LogP contribution in [0.3, 0.4) is 0 Å². The second kappa shape index (κ2) is 7.28. The van der Waals surface area contributed by atoms with Gasteiger partial charge in [0, 0.05) is 42.7 Å². The number of hydrogen-bond donors (Lipinski definition) is 1. The fourth-order valence-electron chi connectivity index (χ4n) is 3.73. The first-order valence-electron chi connectivity index (χ1n) is 9.92. The normalized spacial score (nSPS) is 11.2. The minimum absolute atomic E-state index is 0.129. The third kappa shape index (κ3) is 3.61. The van der Waals surface area contributed by atoms with Crippen molar-refractivity contribution in [1.29, 1.82) is 0 Å². The molecule has 3 heterocycles. The molecule has 0 saturated heterocycles. The Morgan fingerprint density at radius 1 is 1.03 bits per heavy atom. The molecule has 0 aliphatic heterocycles. The Morgan fingerprint density at radius 2 is 1.90 bits per heavy atom. The van der Waals surface area contributed by atoms with E-state index in [1.165, 1.54) is 6.92 Å². The van der Waals surface area contributed by atoms with Crippen molar-refractivity contribution in [3.8, 4) is 28.1 Å². The third-order valence-corrected chi connectivity index (χ3v) is 5.13. The zero-order valence-corrected chi connectivity index (χ0v) is 17.5. The van der Waals surface area contributed by atoms with Gasteiger partial charge in [-0.15, -0.1) is 0 Å². The third-order valence-electron chi connectivity index (χ3n) is 5.13. The van der Waals surface area contributed by atoms with E-state index in [-0.39, 0.29) is 5.91 Å². The molecule has 0 aliphatic carbocycles. The summed E-state index contributed by atoms with van der Waals surface area (Å²) in [5.74, 6) is 1.45. The van der Waals surface area contributed by atoms with Crippen molar-refractivity contribution in [1.82, 2.24) is 19.3 Å². The van der Waals surface area contributed by atoms with Gasteiger partial charge in [0.15, 0.2) is 0 Å². The number of amides is 1. The highest BCUT2D eigenvalue weighted by Crippen LogP contribution is 2.31. The van der Waals surface area contributed by atoms with E-state index in [9.17, 15) is 4.79 Å². The summed E-state index contributed by atoms with van der Waals surface area (Å²) in [4.78, 5) is 16.3. The molecule has 0 unspecified atom stereocenters. The molecule has 1 N–H and O–H groups in total. The summed E-state index contributed by atoms with van der Waals surface area (Å²) in [6.45, 7) is 3.40. The zero-order chi connectivity index (χ0) is 21.5. The molecule has 7 nitrogen and oxygen atoms in total. The van der Waals surface area contributed by atoms with Crippen LogP contribution in [0.5, 0.6) is 0 Å². The molecule has 154 valence electrons. The number of nitrogens with zero attached hydrogens (tertiary/aromatic N) is 4. The maximum Gasteiger partial charge on any atom is 0.221 e. The SMILES string of the molecule is CC(=O)Nc1cc(-c2ccc(C)o2)cc(-n2cnc3cc(-c4cnn(C)c4)ccc32)c1. The van der Waals surface area contributed by atoms with Crippen molar-refractivity contribution in [3.05, 3.63) is 73.0 Å². The molecule has 0 atom stereocenters. The lowest BCUT2D eigenvalue weighted by Crippen LogP contribution is -2.06. The minimum Gasteiger partial charge on any atom is -0.461 e. The standard InChI is InChI=1S/C24H21N5O2/c1-15-4-7-24(31-15)18-8-20(27-16(2)30)11-21(9-18)29-14-25-22-10-17(5-6-23(22)29)19-12-26-28(3)13-19/h4-14H,1-3H3,(H,27,30). The zero-order valence-electron chi connectivity index (χ0n) is 17.5. The number of benzene rings is 2. The Morgan fingerprint density at radius 3 is 2.61 bits per heavy atom. The van der Waals surface area contributed by atoms with Crippen molar-refractivity contribution in [2.24, 2.45) is 7.05 Å². The van der Waals surface area contributed by atoms with Gasteiger partial charge in [-0.1, -0.05) is 6.07 Å². The highest BCUT2D eigenvalue weighted by molar-refractivity contribution is 5.90. The molecule has 1 amide bonds. The summed E-state index contributed by atoms with van der Waals surface area (Å²) in [5, 5.41) is 7.13. The van der Waals surface area contributed by atoms with Gasteiger partial charge in [0.2, 0.25) is 5.91 Å². The number of aromatic nitrogens is 4. The van der Waals surface area contributed by atoms with Crippen molar-refractivity contribution >= 4 is 22.6 Å². The number of anilines is 1. The van der Waals surface area contributed by atoms with Gasteiger partial charge in [0.25, 0.3) is 0 Å². The van der Waals surface area contributed by atoms with Crippen LogP contribution < -0.4 is 5.32 Å². The van der Waals surface area contributed by atoms with Gasteiger partial charge >= 0.3 is 0 Å². The van der Waals surface area contributed by atoms with E-state index < -0.39 is 0 Å². The van der Waals surface area contributed by atoms with E-state index in [4.69, 9.17) is 4.42 Å². The molecular formula is C24H21N5O2. The monoisotopic (exact) mass is 411 g/mol. The number of carbonyl (C=O) groups is 1. The molecule has 0 spiro atoms. The van der Waals surface area contributed by atoms with Crippen LogP contribution in [-0.4, -0.2) is 25.2 Å². The van der Waals surface area contributed by atoms with Gasteiger partial charge in [0.1, 0.15) is 17.8 Å². The molecule has 31 heavy (non-hydrogen) atoms. The van der Waals surface area contributed by atoms with E-state index in [2.05, 4.69) is 27.5 Å². The second-order valence-electron chi connectivity index (χ2n) is 7.58. The number of imidazole rings is 1. The molecule has 3 aromatic heterocycles. The molecule has 0 bridgehead atoms. The lowest BCUT2D eigenvalue weighted by molar-refractivity contribution is -0.114. The minimum atomic E-state index is -0.129.